The van der Waals surface area contributed by atoms with Gasteiger partial charge in [-0.1, -0.05) is 0 Å². The van der Waals surface area contributed by atoms with E-state index in [1.165, 1.54) is 4.90 Å². The van der Waals surface area contributed by atoms with Gasteiger partial charge in [0.15, 0.2) is 11.5 Å². The third-order valence-electron chi connectivity index (χ3n) is 2.26. The predicted octanol–water partition coefficient (Wildman–Crippen LogP) is 1.13. The van der Waals surface area contributed by atoms with Gasteiger partial charge in [0, 0.05) is 25.8 Å². The number of carbonyl (C=O) groups is 1. The van der Waals surface area contributed by atoms with E-state index in [4.69, 9.17) is 15.2 Å². The molecule has 1 aromatic rings. The number of amides is 1. The van der Waals surface area contributed by atoms with Crippen LogP contribution in [0, 0.1) is 0 Å². The van der Waals surface area contributed by atoms with E-state index in [0.29, 0.717) is 30.2 Å². The summed E-state index contributed by atoms with van der Waals surface area (Å²) in [6, 6.07) is 5.15. The lowest BCUT2D eigenvalue weighted by Crippen LogP contribution is -2.23. The molecule has 94 valence electrons. The lowest BCUT2D eigenvalue weighted by Gasteiger charge is -2.13. The van der Waals surface area contributed by atoms with Crippen LogP contribution < -0.4 is 15.2 Å². The van der Waals surface area contributed by atoms with Crippen molar-refractivity contribution < 1.29 is 14.3 Å². The number of carbonyl (C=O) groups excluding carboxylic acids is 1. The molecule has 0 heterocycles. The molecule has 0 radical (unpaired) electrons. The zero-order chi connectivity index (χ0) is 12.8. The van der Waals surface area contributed by atoms with Gasteiger partial charge in [-0.25, -0.2) is 0 Å². The number of anilines is 1. The van der Waals surface area contributed by atoms with Gasteiger partial charge in [-0.05, 0) is 12.1 Å². The van der Waals surface area contributed by atoms with Gasteiger partial charge in [-0.15, -0.1) is 0 Å². The van der Waals surface area contributed by atoms with Crippen LogP contribution >= 0.6 is 0 Å². The van der Waals surface area contributed by atoms with Crippen LogP contribution in [0.5, 0.6) is 11.5 Å². The van der Waals surface area contributed by atoms with Crippen molar-refractivity contribution in [2.45, 2.75) is 6.42 Å². The molecule has 0 spiro atoms. The van der Waals surface area contributed by atoms with Gasteiger partial charge in [0.05, 0.1) is 20.1 Å². The van der Waals surface area contributed by atoms with E-state index in [-0.39, 0.29) is 5.91 Å². The molecule has 1 aromatic carbocycles. The molecule has 0 bridgehead atoms. The number of rotatable bonds is 5. The molecule has 0 aromatic heterocycles. The van der Waals surface area contributed by atoms with Crippen molar-refractivity contribution in [1.82, 2.24) is 4.90 Å². The fourth-order valence-electron chi connectivity index (χ4n) is 1.28. The van der Waals surface area contributed by atoms with E-state index in [9.17, 15) is 4.79 Å². The lowest BCUT2D eigenvalue weighted by atomic mass is 10.3. The fraction of sp³-hybridized carbons (Fsp3) is 0.417. The third-order valence-corrected chi connectivity index (χ3v) is 2.26. The van der Waals surface area contributed by atoms with Gasteiger partial charge in [-0.2, -0.15) is 0 Å². The summed E-state index contributed by atoms with van der Waals surface area (Å²) in [6.45, 7) is 0.302. The summed E-state index contributed by atoms with van der Waals surface area (Å²) in [5.41, 5.74) is 6.25. The van der Waals surface area contributed by atoms with Crippen molar-refractivity contribution in [1.29, 1.82) is 0 Å². The Morgan fingerprint density at radius 3 is 2.65 bits per heavy atom. The van der Waals surface area contributed by atoms with Gasteiger partial charge in [-0.3, -0.25) is 4.79 Å². The van der Waals surface area contributed by atoms with Gasteiger partial charge in [0.1, 0.15) is 0 Å². The predicted molar refractivity (Wildman–Crippen MR) is 66.2 cm³/mol. The van der Waals surface area contributed by atoms with E-state index >= 15 is 0 Å². The third kappa shape index (κ3) is 3.86. The van der Waals surface area contributed by atoms with Crippen LogP contribution in [0.4, 0.5) is 5.69 Å². The molecule has 0 saturated carbocycles. The molecular formula is C12H18N2O3. The minimum atomic E-state index is 0.0212. The Kier molecular flexibility index (Phi) is 4.63. The summed E-state index contributed by atoms with van der Waals surface area (Å²) in [5.74, 6) is 1.18. The highest BCUT2D eigenvalue weighted by atomic mass is 16.5. The van der Waals surface area contributed by atoms with Crippen molar-refractivity contribution in [3.8, 4) is 11.5 Å². The van der Waals surface area contributed by atoms with Gasteiger partial charge >= 0.3 is 0 Å². The zero-order valence-corrected chi connectivity index (χ0v) is 10.4. The number of nitrogens with two attached hydrogens (primary N) is 1. The van der Waals surface area contributed by atoms with Crippen molar-refractivity contribution in [3.63, 3.8) is 0 Å². The molecule has 5 heteroatoms. The smallest absolute Gasteiger partial charge is 0.225 e. The Morgan fingerprint density at radius 2 is 2.06 bits per heavy atom. The molecule has 1 rings (SSSR count). The molecule has 0 aliphatic carbocycles. The van der Waals surface area contributed by atoms with Crippen LogP contribution in [0.15, 0.2) is 18.2 Å². The number of hydrogen-bond acceptors (Lipinski definition) is 4. The molecule has 0 fully saturated rings. The Hall–Kier alpha value is -1.91. The number of ether oxygens (including phenoxy) is 2. The summed E-state index contributed by atoms with van der Waals surface area (Å²) in [6.07, 6.45) is 0.324. The van der Waals surface area contributed by atoms with E-state index in [1.807, 2.05) is 0 Å². The monoisotopic (exact) mass is 238 g/mol. The van der Waals surface area contributed by atoms with Crippen LogP contribution in [0.2, 0.25) is 0 Å². The molecule has 17 heavy (non-hydrogen) atoms. The molecule has 0 aliphatic heterocycles. The maximum absolute atomic E-state index is 11.3. The van der Waals surface area contributed by atoms with Gasteiger partial charge in [0.2, 0.25) is 5.91 Å². The maximum atomic E-state index is 11.3. The second kappa shape index (κ2) is 5.98. The fourth-order valence-corrected chi connectivity index (χ4v) is 1.28. The first-order valence-electron chi connectivity index (χ1n) is 5.31. The summed E-state index contributed by atoms with van der Waals surface area (Å²) in [7, 11) is 4.98. The van der Waals surface area contributed by atoms with E-state index in [2.05, 4.69) is 0 Å². The topological polar surface area (TPSA) is 64.8 Å². The highest BCUT2D eigenvalue weighted by molar-refractivity contribution is 5.75. The first-order valence-corrected chi connectivity index (χ1v) is 5.31. The Morgan fingerprint density at radius 1 is 1.35 bits per heavy atom. The summed E-state index contributed by atoms with van der Waals surface area (Å²) in [5, 5.41) is 0. The van der Waals surface area contributed by atoms with Crippen molar-refractivity contribution in [3.05, 3.63) is 18.2 Å². The Balaban J connectivity index is 2.56. The molecule has 5 nitrogen and oxygen atoms in total. The SMILES string of the molecule is COc1ccc(N)cc1OCCC(=O)N(C)C. The minimum absolute atomic E-state index is 0.0212. The van der Waals surface area contributed by atoms with Crippen LogP contribution in [-0.2, 0) is 4.79 Å². The quantitative estimate of drug-likeness (QED) is 0.781. The van der Waals surface area contributed by atoms with Crippen LogP contribution in [0.1, 0.15) is 6.42 Å². The number of nitrogens with zero attached hydrogens (tertiary/aromatic N) is 1. The Bertz CT molecular complexity index is 391. The lowest BCUT2D eigenvalue weighted by molar-refractivity contribution is -0.129. The summed E-state index contributed by atoms with van der Waals surface area (Å²) >= 11 is 0. The van der Waals surface area contributed by atoms with Crippen molar-refractivity contribution >= 4 is 11.6 Å². The van der Waals surface area contributed by atoms with Gasteiger partial charge in [0.25, 0.3) is 0 Å². The molecule has 2 N–H and O–H groups in total. The molecule has 0 atom stereocenters. The molecule has 0 saturated heterocycles. The van der Waals surface area contributed by atoms with Crippen LogP contribution in [-0.4, -0.2) is 38.6 Å². The van der Waals surface area contributed by atoms with Crippen LogP contribution in [0.3, 0.4) is 0 Å². The summed E-state index contributed by atoms with van der Waals surface area (Å²) < 4.78 is 10.6. The average Bonchev–Trinajstić information content (AvgIpc) is 2.29. The number of hydrogen-bond donors (Lipinski definition) is 1. The second-order valence-electron chi connectivity index (χ2n) is 3.80. The minimum Gasteiger partial charge on any atom is -0.493 e. The van der Waals surface area contributed by atoms with Crippen molar-refractivity contribution in [2.75, 3.05) is 33.5 Å². The van der Waals surface area contributed by atoms with E-state index < -0.39 is 0 Å². The van der Waals surface area contributed by atoms with E-state index in [0.717, 1.165) is 0 Å². The molecule has 0 unspecified atom stereocenters. The average molecular weight is 238 g/mol. The maximum Gasteiger partial charge on any atom is 0.225 e. The van der Waals surface area contributed by atoms with Gasteiger partial charge < -0.3 is 20.1 Å². The standard InChI is InChI=1S/C12H18N2O3/c1-14(2)12(15)6-7-17-11-8-9(13)4-5-10(11)16-3/h4-5,8H,6-7,13H2,1-3H3. The number of methoxy groups -OCH3 is 1. The van der Waals surface area contributed by atoms with Crippen LogP contribution in [0.25, 0.3) is 0 Å². The highest BCUT2D eigenvalue weighted by Gasteiger charge is 2.07. The summed E-state index contributed by atoms with van der Waals surface area (Å²) in [4.78, 5) is 12.9. The zero-order valence-electron chi connectivity index (χ0n) is 10.4. The highest BCUT2D eigenvalue weighted by Crippen LogP contribution is 2.28. The molecule has 1 amide bonds. The van der Waals surface area contributed by atoms with E-state index in [1.54, 1.807) is 39.4 Å². The number of nitrogen functional groups attached to an aromatic ring is 1. The Labute approximate surface area is 101 Å². The first kappa shape index (κ1) is 13.2. The largest absolute Gasteiger partial charge is 0.493 e. The van der Waals surface area contributed by atoms with Crippen molar-refractivity contribution in [2.24, 2.45) is 0 Å². The second-order valence-corrected chi connectivity index (χ2v) is 3.80. The first-order chi connectivity index (χ1) is 8.04. The molecular weight excluding hydrogens is 220 g/mol. The molecule has 0 aliphatic rings. The number of benzene rings is 1. The normalized spacial score (nSPS) is 9.82.